The van der Waals surface area contributed by atoms with Gasteiger partial charge in [0.1, 0.15) is 17.5 Å². The number of carboxylic acid groups (broad SMARTS) is 1. The van der Waals surface area contributed by atoms with Gasteiger partial charge in [0.05, 0.1) is 5.56 Å². The van der Waals surface area contributed by atoms with Crippen molar-refractivity contribution >= 4 is 5.97 Å². The largest absolute Gasteiger partial charge is 0.478 e. The van der Waals surface area contributed by atoms with E-state index in [4.69, 9.17) is 15.1 Å². The third-order valence-electron chi connectivity index (χ3n) is 2.58. The minimum atomic E-state index is -1.04. The Labute approximate surface area is 115 Å². The Balaban J connectivity index is 2.39. The molecule has 0 radical (unpaired) electrons. The predicted octanol–water partition coefficient (Wildman–Crippen LogP) is 2.46. The van der Waals surface area contributed by atoms with Crippen LogP contribution in [-0.2, 0) is 0 Å². The highest BCUT2D eigenvalue weighted by Gasteiger charge is 2.10. The molecule has 0 spiro atoms. The number of nitrogens with zero attached hydrogens (tertiary/aromatic N) is 3. The van der Waals surface area contributed by atoms with Crippen LogP contribution in [0.3, 0.4) is 0 Å². The molecule has 1 aromatic heterocycles. The van der Waals surface area contributed by atoms with Gasteiger partial charge in [-0.2, -0.15) is 10.2 Å². The van der Waals surface area contributed by atoms with Crippen LogP contribution in [0.1, 0.15) is 27.3 Å². The molecule has 2 aromatic rings. The lowest BCUT2D eigenvalue weighted by molar-refractivity contribution is 0.0696. The van der Waals surface area contributed by atoms with E-state index in [2.05, 4.69) is 9.97 Å². The summed E-state index contributed by atoms with van der Waals surface area (Å²) in [5, 5.41) is 17.8. The van der Waals surface area contributed by atoms with Crippen LogP contribution in [0.4, 0.5) is 0 Å². The molecule has 0 amide bonds. The Morgan fingerprint density at radius 3 is 2.70 bits per heavy atom. The summed E-state index contributed by atoms with van der Waals surface area (Å²) >= 11 is 0. The Hall–Kier alpha value is -2.94. The number of nitriles is 1. The zero-order valence-corrected chi connectivity index (χ0v) is 10.9. The molecule has 0 saturated heterocycles. The Morgan fingerprint density at radius 1 is 1.30 bits per heavy atom. The van der Waals surface area contributed by atoms with Crippen molar-refractivity contribution in [3.8, 4) is 17.8 Å². The third kappa shape index (κ3) is 2.90. The summed E-state index contributed by atoms with van der Waals surface area (Å²) in [6.07, 6.45) is 0. The first kappa shape index (κ1) is 13.5. The number of carbonyl (C=O) groups is 1. The standard InChI is InChI=1S/C14H11N3O3/c1-8-3-4-10(13(18)19)6-12(8)20-14-16-9(2)5-11(7-15)17-14/h3-6H,1-2H3,(H,18,19). The van der Waals surface area contributed by atoms with E-state index < -0.39 is 5.97 Å². The smallest absolute Gasteiger partial charge is 0.335 e. The Morgan fingerprint density at radius 2 is 2.05 bits per heavy atom. The lowest BCUT2D eigenvalue weighted by Gasteiger charge is -2.08. The van der Waals surface area contributed by atoms with Crippen LogP contribution in [-0.4, -0.2) is 21.0 Å². The van der Waals surface area contributed by atoms with Crippen molar-refractivity contribution in [3.05, 3.63) is 46.8 Å². The number of benzene rings is 1. The molecule has 0 aliphatic rings. The van der Waals surface area contributed by atoms with Crippen molar-refractivity contribution in [1.82, 2.24) is 9.97 Å². The second kappa shape index (κ2) is 5.36. The van der Waals surface area contributed by atoms with Crippen LogP contribution < -0.4 is 4.74 Å². The van der Waals surface area contributed by atoms with Gasteiger partial charge in [0.2, 0.25) is 0 Å². The molecule has 0 atom stereocenters. The van der Waals surface area contributed by atoms with Crippen LogP contribution in [0, 0.1) is 25.2 Å². The average Bonchev–Trinajstić information content (AvgIpc) is 2.40. The van der Waals surface area contributed by atoms with Gasteiger partial charge in [-0.25, -0.2) is 9.78 Å². The predicted molar refractivity (Wildman–Crippen MR) is 69.7 cm³/mol. The zero-order valence-electron chi connectivity index (χ0n) is 10.9. The fourth-order valence-electron chi connectivity index (χ4n) is 1.59. The fourth-order valence-corrected chi connectivity index (χ4v) is 1.59. The quantitative estimate of drug-likeness (QED) is 0.919. The van der Waals surface area contributed by atoms with Crippen LogP contribution in [0.15, 0.2) is 24.3 Å². The summed E-state index contributed by atoms with van der Waals surface area (Å²) in [5.74, 6) is -0.697. The van der Waals surface area contributed by atoms with Gasteiger partial charge in [-0.05, 0) is 37.6 Å². The van der Waals surface area contributed by atoms with Gasteiger partial charge in [-0.15, -0.1) is 0 Å². The summed E-state index contributed by atoms with van der Waals surface area (Å²) in [6.45, 7) is 3.50. The number of aromatic nitrogens is 2. The maximum Gasteiger partial charge on any atom is 0.335 e. The zero-order chi connectivity index (χ0) is 14.7. The summed E-state index contributed by atoms with van der Waals surface area (Å²) in [6, 6.07) is 7.99. The molecule has 0 aliphatic heterocycles. The van der Waals surface area contributed by atoms with E-state index in [-0.39, 0.29) is 17.3 Å². The maximum atomic E-state index is 10.9. The van der Waals surface area contributed by atoms with Gasteiger partial charge < -0.3 is 9.84 Å². The van der Waals surface area contributed by atoms with Gasteiger partial charge in [0, 0.05) is 5.69 Å². The minimum absolute atomic E-state index is 0.0205. The normalized spacial score (nSPS) is 9.85. The highest BCUT2D eigenvalue weighted by atomic mass is 16.5. The molecule has 1 heterocycles. The maximum absolute atomic E-state index is 10.9. The number of hydrogen-bond donors (Lipinski definition) is 1. The van der Waals surface area contributed by atoms with Crippen LogP contribution in [0.25, 0.3) is 0 Å². The Kier molecular flexibility index (Phi) is 3.62. The molecule has 0 fully saturated rings. The molecule has 6 heteroatoms. The Bertz CT molecular complexity index is 720. The molecule has 100 valence electrons. The number of rotatable bonds is 3. The van der Waals surface area contributed by atoms with E-state index in [9.17, 15) is 4.79 Å². The molecular weight excluding hydrogens is 258 g/mol. The van der Waals surface area contributed by atoms with Crippen molar-refractivity contribution in [2.24, 2.45) is 0 Å². The lowest BCUT2D eigenvalue weighted by atomic mass is 10.1. The molecule has 0 saturated carbocycles. The first-order valence-corrected chi connectivity index (χ1v) is 5.77. The molecule has 0 unspecified atom stereocenters. The lowest BCUT2D eigenvalue weighted by Crippen LogP contribution is -2.00. The first-order valence-electron chi connectivity index (χ1n) is 5.77. The summed E-state index contributed by atoms with van der Waals surface area (Å²) in [4.78, 5) is 18.9. The average molecular weight is 269 g/mol. The van der Waals surface area contributed by atoms with Crippen molar-refractivity contribution < 1.29 is 14.6 Å². The highest BCUT2D eigenvalue weighted by Crippen LogP contribution is 2.24. The second-order valence-electron chi connectivity index (χ2n) is 4.18. The van der Waals surface area contributed by atoms with Crippen molar-refractivity contribution in [1.29, 1.82) is 5.26 Å². The second-order valence-corrected chi connectivity index (χ2v) is 4.18. The monoisotopic (exact) mass is 269 g/mol. The van der Waals surface area contributed by atoms with Gasteiger partial charge in [0.15, 0.2) is 0 Å². The number of ether oxygens (including phenoxy) is 1. The topological polar surface area (TPSA) is 96.1 Å². The van der Waals surface area contributed by atoms with E-state index in [1.807, 2.05) is 6.07 Å². The van der Waals surface area contributed by atoms with Gasteiger partial charge in [-0.1, -0.05) is 6.07 Å². The van der Waals surface area contributed by atoms with Gasteiger partial charge in [-0.3, -0.25) is 0 Å². The van der Waals surface area contributed by atoms with Crippen molar-refractivity contribution in [3.63, 3.8) is 0 Å². The van der Waals surface area contributed by atoms with Crippen LogP contribution in [0.5, 0.6) is 11.8 Å². The summed E-state index contributed by atoms with van der Waals surface area (Å²) in [7, 11) is 0. The van der Waals surface area contributed by atoms with Crippen molar-refractivity contribution in [2.45, 2.75) is 13.8 Å². The summed E-state index contributed by atoms with van der Waals surface area (Å²) < 4.78 is 5.49. The van der Waals surface area contributed by atoms with Crippen molar-refractivity contribution in [2.75, 3.05) is 0 Å². The van der Waals surface area contributed by atoms with E-state index in [0.717, 1.165) is 5.56 Å². The number of hydrogen-bond acceptors (Lipinski definition) is 5. The summed E-state index contributed by atoms with van der Waals surface area (Å²) in [5.41, 5.74) is 1.65. The molecule has 0 aliphatic carbocycles. The molecule has 1 N–H and O–H groups in total. The van der Waals surface area contributed by atoms with Crippen LogP contribution >= 0.6 is 0 Å². The molecular formula is C14H11N3O3. The first-order chi connectivity index (χ1) is 9.49. The number of aryl methyl sites for hydroxylation is 2. The number of carboxylic acids is 1. The molecule has 20 heavy (non-hydrogen) atoms. The van der Waals surface area contributed by atoms with Crippen LogP contribution in [0.2, 0.25) is 0 Å². The minimum Gasteiger partial charge on any atom is -0.478 e. The fraction of sp³-hybridized carbons (Fsp3) is 0.143. The van der Waals surface area contributed by atoms with E-state index in [1.54, 1.807) is 19.9 Å². The highest BCUT2D eigenvalue weighted by molar-refractivity contribution is 5.88. The molecule has 1 aromatic carbocycles. The van der Waals surface area contributed by atoms with E-state index in [0.29, 0.717) is 11.4 Å². The van der Waals surface area contributed by atoms with Gasteiger partial charge >= 0.3 is 12.0 Å². The van der Waals surface area contributed by atoms with Gasteiger partial charge in [0.25, 0.3) is 0 Å². The molecule has 0 bridgehead atoms. The third-order valence-corrected chi connectivity index (χ3v) is 2.58. The SMILES string of the molecule is Cc1cc(C#N)nc(Oc2cc(C(=O)O)ccc2C)n1. The number of aromatic carboxylic acids is 1. The van der Waals surface area contributed by atoms with E-state index >= 15 is 0 Å². The molecule has 2 rings (SSSR count). The molecule has 6 nitrogen and oxygen atoms in total. The van der Waals surface area contributed by atoms with E-state index in [1.165, 1.54) is 18.2 Å².